The number of nitrogens with two attached hydrogens (primary N) is 2. The lowest BCUT2D eigenvalue weighted by Gasteiger charge is -2.38. The fourth-order valence-electron chi connectivity index (χ4n) is 1.60. The molecule has 0 spiro atoms. The number of rotatable bonds is 3. The van der Waals surface area contributed by atoms with Gasteiger partial charge >= 0.3 is 0 Å². The first-order valence-electron chi connectivity index (χ1n) is 4.93. The number of nitrogens with zero attached hydrogens (tertiary/aromatic N) is 1. The Labute approximate surface area is 89.4 Å². The summed E-state index contributed by atoms with van der Waals surface area (Å²) in [4.78, 5) is 13.1. The third-order valence-corrected chi connectivity index (χ3v) is 4.15. The van der Waals surface area contributed by atoms with Gasteiger partial charge in [0.1, 0.15) is 0 Å². The lowest BCUT2D eigenvalue weighted by Crippen LogP contribution is -2.52. The van der Waals surface area contributed by atoms with E-state index in [0.29, 0.717) is 17.8 Å². The largest absolute Gasteiger partial charge is 0.368 e. The smallest absolute Gasteiger partial charge is 0.235 e. The van der Waals surface area contributed by atoms with Crippen LogP contribution in [0.5, 0.6) is 0 Å². The van der Waals surface area contributed by atoms with E-state index < -0.39 is 11.9 Å². The van der Waals surface area contributed by atoms with Crippen molar-refractivity contribution >= 4 is 17.7 Å². The van der Waals surface area contributed by atoms with Gasteiger partial charge in [-0.25, -0.2) is 0 Å². The van der Waals surface area contributed by atoms with Crippen LogP contribution in [-0.4, -0.2) is 47.0 Å². The molecule has 1 aliphatic heterocycles. The van der Waals surface area contributed by atoms with Gasteiger partial charge in [-0.1, -0.05) is 6.92 Å². The minimum atomic E-state index is -0.534. The highest BCUT2D eigenvalue weighted by atomic mass is 32.2. The van der Waals surface area contributed by atoms with Crippen LogP contribution in [0.1, 0.15) is 13.8 Å². The molecule has 0 aliphatic carbocycles. The van der Waals surface area contributed by atoms with Gasteiger partial charge in [-0.05, 0) is 6.92 Å². The summed E-state index contributed by atoms with van der Waals surface area (Å²) in [5.41, 5.74) is 10.8. The average Bonchev–Trinajstić information content (AvgIpc) is 2.12. The number of carbonyl (C=O) groups is 1. The molecule has 0 saturated carbocycles. The highest BCUT2D eigenvalue weighted by molar-refractivity contribution is 8.00. The van der Waals surface area contributed by atoms with Gasteiger partial charge in [0.2, 0.25) is 5.91 Å². The minimum absolute atomic E-state index is 0.414. The van der Waals surface area contributed by atoms with Gasteiger partial charge in [-0.2, -0.15) is 11.8 Å². The van der Waals surface area contributed by atoms with E-state index in [1.165, 1.54) is 0 Å². The second-order valence-electron chi connectivity index (χ2n) is 3.82. The second-order valence-corrected chi connectivity index (χ2v) is 5.31. The van der Waals surface area contributed by atoms with Gasteiger partial charge in [0, 0.05) is 30.1 Å². The summed E-state index contributed by atoms with van der Waals surface area (Å²) in [5.74, 6) is 0.694. The van der Waals surface area contributed by atoms with E-state index >= 15 is 0 Å². The quantitative estimate of drug-likeness (QED) is 0.676. The van der Waals surface area contributed by atoms with Crippen molar-refractivity contribution in [2.45, 2.75) is 31.2 Å². The lowest BCUT2D eigenvalue weighted by molar-refractivity contribution is -0.119. The Kier molecular flexibility index (Phi) is 4.22. The maximum absolute atomic E-state index is 10.8. The molecule has 1 rings (SSSR count). The molecule has 3 atom stereocenters. The van der Waals surface area contributed by atoms with E-state index in [1.807, 2.05) is 11.8 Å². The normalized spacial score (nSPS) is 31.4. The molecule has 1 heterocycles. The maximum Gasteiger partial charge on any atom is 0.235 e. The van der Waals surface area contributed by atoms with E-state index in [2.05, 4.69) is 18.7 Å². The van der Waals surface area contributed by atoms with Crippen LogP contribution < -0.4 is 11.5 Å². The van der Waals surface area contributed by atoms with Crippen LogP contribution in [0, 0.1) is 0 Å². The first kappa shape index (κ1) is 11.8. The number of thioether (sulfide) groups is 1. The third kappa shape index (κ3) is 2.87. The Hall–Kier alpha value is -0.260. The van der Waals surface area contributed by atoms with Crippen molar-refractivity contribution in [3.05, 3.63) is 0 Å². The minimum Gasteiger partial charge on any atom is -0.368 e. The van der Waals surface area contributed by atoms with Gasteiger partial charge < -0.3 is 11.5 Å². The molecule has 0 radical (unpaired) electrons. The van der Waals surface area contributed by atoms with Crippen molar-refractivity contribution in [3.8, 4) is 0 Å². The highest BCUT2D eigenvalue weighted by Crippen LogP contribution is 2.23. The Balaban J connectivity index is 2.46. The molecule has 5 heteroatoms. The Bertz CT molecular complexity index is 212. The summed E-state index contributed by atoms with van der Waals surface area (Å²) in [5, 5.41) is 0.601. The summed E-state index contributed by atoms with van der Waals surface area (Å²) in [6.45, 7) is 5.96. The van der Waals surface area contributed by atoms with Crippen molar-refractivity contribution in [1.29, 1.82) is 0 Å². The summed E-state index contributed by atoms with van der Waals surface area (Å²) in [6.07, 6.45) is 0. The van der Waals surface area contributed by atoms with Gasteiger partial charge in [-0.15, -0.1) is 0 Å². The zero-order valence-corrected chi connectivity index (χ0v) is 9.59. The highest BCUT2D eigenvalue weighted by Gasteiger charge is 2.27. The van der Waals surface area contributed by atoms with Crippen LogP contribution >= 0.6 is 11.8 Å². The van der Waals surface area contributed by atoms with E-state index in [1.54, 1.807) is 0 Å². The number of hydrogen-bond donors (Lipinski definition) is 2. The lowest BCUT2D eigenvalue weighted by atomic mass is 10.1. The summed E-state index contributed by atoms with van der Waals surface area (Å²) in [7, 11) is 0. The number of amides is 1. The standard InChI is InChI=1S/C9H19N3OS/c1-6-7(2)14-4-3-12(6)5-8(10)9(11)13/h6-8H,3-5,10H2,1-2H3,(H2,11,13). The summed E-state index contributed by atoms with van der Waals surface area (Å²) < 4.78 is 0. The Morgan fingerprint density at radius 3 is 2.86 bits per heavy atom. The molecule has 0 aromatic rings. The van der Waals surface area contributed by atoms with E-state index in [4.69, 9.17) is 11.5 Å². The number of primary amides is 1. The number of hydrogen-bond acceptors (Lipinski definition) is 4. The Morgan fingerprint density at radius 1 is 1.64 bits per heavy atom. The molecule has 1 amide bonds. The van der Waals surface area contributed by atoms with E-state index in [-0.39, 0.29) is 0 Å². The zero-order valence-electron chi connectivity index (χ0n) is 8.77. The van der Waals surface area contributed by atoms with Gasteiger partial charge in [-0.3, -0.25) is 9.69 Å². The molecule has 4 nitrogen and oxygen atoms in total. The van der Waals surface area contributed by atoms with Crippen LogP contribution in [0.4, 0.5) is 0 Å². The van der Waals surface area contributed by atoms with Gasteiger partial charge in [0.05, 0.1) is 6.04 Å². The maximum atomic E-state index is 10.8. The van der Waals surface area contributed by atoms with Crippen molar-refractivity contribution in [2.75, 3.05) is 18.8 Å². The first-order chi connectivity index (χ1) is 6.52. The van der Waals surface area contributed by atoms with Crippen LogP contribution in [0.25, 0.3) is 0 Å². The molecule has 1 fully saturated rings. The van der Waals surface area contributed by atoms with Gasteiger partial charge in [0.15, 0.2) is 0 Å². The molecule has 1 saturated heterocycles. The van der Waals surface area contributed by atoms with Crippen molar-refractivity contribution < 1.29 is 4.79 Å². The van der Waals surface area contributed by atoms with Crippen LogP contribution in [-0.2, 0) is 4.79 Å². The molecule has 1 aliphatic rings. The molecule has 82 valence electrons. The van der Waals surface area contributed by atoms with Crippen molar-refractivity contribution in [3.63, 3.8) is 0 Å². The second kappa shape index (κ2) is 5.00. The molecule has 0 aromatic carbocycles. The fraction of sp³-hybridized carbons (Fsp3) is 0.889. The molecule has 0 bridgehead atoms. The SMILES string of the molecule is CC1SCCN(CC(N)C(N)=O)C1C. The van der Waals surface area contributed by atoms with E-state index in [9.17, 15) is 4.79 Å². The molecular weight excluding hydrogens is 198 g/mol. The van der Waals surface area contributed by atoms with Gasteiger partial charge in [0.25, 0.3) is 0 Å². The fourth-order valence-corrected chi connectivity index (χ4v) is 2.76. The van der Waals surface area contributed by atoms with Crippen molar-refractivity contribution in [1.82, 2.24) is 4.90 Å². The Morgan fingerprint density at radius 2 is 2.29 bits per heavy atom. The predicted octanol–water partition coefficient (Wildman–Crippen LogP) is -0.375. The van der Waals surface area contributed by atoms with E-state index in [0.717, 1.165) is 12.3 Å². The molecule has 4 N–H and O–H groups in total. The van der Waals surface area contributed by atoms with Crippen LogP contribution in [0.3, 0.4) is 0 Å². The zero-order chi connectivity index (χ0) is 10.7. The third-order valence-electron chi connectivity index (χ3n) is 2.81. The molecular formula is C9H19N3OS. The van der Waals surface area contributed by atoms with Crippen LogP contribution in [0.15, 0.2) is 0 Å². The average molecular weight is 217 g/mol. The summed E-state index contributed by atoms with van der Waals surface area (Å²) in [6, 6.07) is -0.0631. The van der Waals surface area contributed by atoms with Crippen LogP contribution in [0.2, 0.25) is 0 Å². The molecule has 14 heavy (non-hydrogen) atoms. The summed E-state index contributed by atoms with van der Waals surface area (Å²) >= 11 is 1.97. The molecule has 3 unspecified atom stereocenters. The topological polar surface area (TPSA) is 72.3 Å². The number of carbonyl (C=O) groups excluding carboxylic acids is 1. The van der Waals surface area contributed by atoms with Crippen molar-refractivity contribution in [2.24, 2.45) is 11.5 Å². The monoisotopic (exact) mass is 217 g/mol. The first-order valence-corrected chi connectivity index (χ1v) is 5.97. The molecule has 0 aromatic heterocycles. The predicted molar refractivity (Wildman–Crippen MR) is 60.1 cm³/mol.